The van der Waals surface area contributed by atoms with Crippen molar-refractivity contribution in [3.05, 3.63) is 72.9 Å². The monoisotopic (exact) mass is 1390 g/mol. The number of aliphatic carboxylic acids is 2. The zero-order valence-electron chi connectivity index (χ0n) is 52.7. The quantitative estimate of drug-likeness (QED) is 0.0313. The average molecular weight is 1390 g/mol. The molecule has 0 bridgehead atoms. The van der Waals surface area contributed by atoms with Crippen molar-refractivity contribution in [1.29, 1.82) is 0 Å². The number of rotatable bonds is 38. The molecule has 1 fully saturated rings. The number of carboxylic acids is 2. The summed E-state index contributed by atoms with van der Waals surface area (Å²) < 4.78 is 16.5. The first-order valence-corrected chi connectivity index (χ1v) is 30.1. The lowest BCUT2D eigenvalue weighted by Gasteiger charge is -2.26. The molecule has 0 aromatic rings. The summed E-state index contributed by atoms with van der Waals surface area (Å²) in [6, 6.07) is 0. The SMILES string of the molecule is NCCN(CCN)C(=O)CCC(=O)O.O=C(COC(CN1C(=O)C=CC1=O)CN1C(=O)C=CC1=O)ON1C(=O)CCC1=O.O=C(O)CCC(=O)N(CCNC(=O)COC(CN1C(=O)C=CC1=O)CN1C(=O)C=CC1=O)CCNC(=O)COC(CN1C(=O)C=CC1=O)CN1C(=O)C=CC1=O. The number of hydrogen-bond acceptors (Lipinski definition) is 27. The van der Waals surface area contributed by atoms with Crippen molar-refractivity contribution in [1.82, 2.24) is 54.9 Å². The third kappa shape index (κ3) is 24.6. The van der Waals surface area contributed by atoms with E-state index in [4.69, 9.17) is 35.9 Å². The van der Waals surface area contributed by atoms with Gasteiger partial charge in [-0.25, -0.2) is 4.79 Å². The van der Waals surface area contributed by atoms with E-state index in [0.29, 0.717) is 31.2 Å². The Morgan fingerprint density at radius 3 is 0.869 bits per heavy atom. The Morgan fingerprint density at radius 1 is 0.384 bits per heavy atom. The van der Waals surface area contributed by atoms with E-state index in [9.17, 15) is 101 Å². The van der Waals surface area contributed by atoms with Crippen LogP contribution in [0.25, 0.3) is 0 Å². The summed E-state index contributed by atoms with van der Waals surface area (Å²) in [5.74, 6) is -14.5. The van der Waals surface area contributed by atoms with E-state index >= 15 is 0 Å². The summed E-state index contributed by atoms with van der Waals surface area (Å²) in [6.07, 6.45) is 7.88. The highest BCUT2D eigenvalue weighted by molar-refractivity contribution is 6.16. The number of hydrogen-bond donors (Lipinski definition) is 6. The molecule has 0 aromatic heterocycles. The average Bonchev–Trinajstić information content (AvgIpc) is 1.74. The maximum absolute atomic E-state index is 12.8. The van der Waals surface area contributed by atoms with Crippen LogP contribution in [0.3, 0.4) is 0 Å². The Bertz CT molecular complexity index is 3090. The molecule has 0 unspecified atom stereocenters. The molecule has 0 aliphatic carbocycles. The second-order valence-corrected chi connectivity index (χ2v) is 21.4. The summed E-state index contributed by atoms with van der Waals surface area (Å²) in [5, 5.41) is 22.8. The third-order valence-corrected chi connectivity index (χ3v) is 14.3. The minimum atomic E-state index is -1.24. The van der Waals surface area contributed by atoms with Crippen LogP contribution in [-0.2, 0) is 120 Å². The molecule has 532 valence electrons. The van der Waals surface area contributed by atoms with Crippen LogP contribution < -0.4 is 22.1 Å². The van der Waals surface area contributed by atoms with Crippen molar-refractivity contribution in [2.24, 2.45) is 11.5 Å². The van der Waals surface area contributed by atoms with E-state index in [0.717, 1.165) is 102 Å². The maximum Gasteiger partial charge on any atom is 0.358 e. The molecule has 40 heteroatoms. The van der Waals surface area contributed by atoms with Crippen molar-refractivity contribution < 1.29 is 130 Å². The number of amides is 18. The van der Waals surface area contributed by atoms with E-state index in [1.54, 1.807) is 0 Å². The lowest BCUT2D eigenvalue weighted by Crippen LogP contribution is -2.47. The molecule has 0 saturated carbocycles. The number of ether oxygens (including phenoxy) is 3. The normalized spacial score (nSPS) is 16.2. The Morgan fingerprint density at radius 2 is 0.626 bits per heavy atom. The summed E-state index contributed by atoms with van der Waals surface area (Å²) in [6.45, 7) is -3.27. The van der Waals surface area contributed by atoms with Gasteiger partial charge >= 0.3 is 17.9 Å². The predicted molar refractivity (Wildman–Crippen MR) is 323 cm³/mol. The largest absolute Gasteiger partial charge is 0.481 e. The van der Waals surface area contributed by atoms with Gasteiger partial charge in [0.25, 0.3) is 82.7 Å². The van der Waals surface area contributed by atoms with Crippen LogP contribution in [0.2, 0.25) is 0 Å². The maximum atomic E-state index is 12.8. The van der Waals surface area contributed by atoms with Crippen molar-refractivity contribution >= 4 is 124 Å². The number of carbonyl (C=O) groups excluding carboxylic acids is 19. The highest BCUT2D eigenvalue weighted by atomic mass is 16.7. The van der Waals surface area contributed by atoms with Gasteiger partial charge in [0.2, 0.25) is 23.6 Å². The minimum absolute atomic E-state index is 0.00926. The Hall–Kier alpha value is -11.5. The summed E-state index contributed by atoms with van der Waals surface area (Å²) >= 11 is 0. The second-order valence-electron chi connectivity index (χ2n) is 21.4. The lowest BCUT2D eigenvalue weighted by molar-refractivity contribution is -0.201. The molecule has 99 heavy (non-hydrogen) atoms. The van der Waals surface area contributed by atoms with Crippen LogP contribution in [-0.4, -0.2) is 308 Å². The fourth-order valence-electron chi connectivity index (χ4n) is 9.28. The summed E-state index contributed by atoms with van der Waals surface area (Å²) in [4.78, 5) is 262. The first kappa shape index (κ1) is 78.2. The number of imide groups is 7. The van der Waals surface area contributed by atoms with E-state index in [1.807, 2.05) is 0 Å². The third-order valence-electron chi connectivity index (χ3n) is 14.3. The molecule has 0 radical (unpaired) electrons. The molecule has 1 saturated heterocycles. The van der Waals surface area contributed by atoms with Crippen molar-refractivity contribution in [2.75, 3.05) is 111 Å². The fourth-order valence-corrected chi connectivity index (χ4v) is 9.28. The molecule has 0 atom stereocenters. The van der Waals surface area contributed by atoms with Crippen molar-refractivity contribution in [3.8, 4) is 0 Å². The first-order valence-electron chi connectivity index (χ1n) is 30.1. The standard InChI is InChI=1S/C34H37N7O15.C17H15N3O9.C8H17N3O3/c42-23(19-55-21(15-38-26(45)1-2-27(38)46)16-39-28(47)3-4-29(39)48)35-11-13-37(25(44)9-10-34(53)54)14-12-36-24(43)20-56-22(17-40-30(49)5-6-31(40)50)18-41-32(51)7-8-33(41)52;21-11-1-2-12(22)18(11)7-10(8-19-13(23)3-4-14(19)24)28-9-17(27)29-20-15(25)5-6-16(20)26;9-3-5-11(6-4-10)7(12)1-2-8(13)14/h1-8,21-22H,9-20H2,(H,35,42)(H,36,43)(H,53,54);1-4,10H,5-9H2;1-6,9-10H2,(H,13,14). The molecule has 7 aliphatic heterocycles. The van der Waals surface area contributed by atoms with Crippen molar-refractivity contribution in [3.63, 3.8) is 0 Å². The van der Waals surface area contributed by atoms with Crippen LogP contribution in [0.1, 0.15) is 38.5 Å². The highest BCUT2D eigenvalue weighted by Crippen LogP contribution is 2.17. The Balaban J connectivity index is 0.000000338. The first-order chi connectivity index (χ1) is 47.0. The number of nitrogens with two attached hydrogens (primary N) is 2. The zero-order chi connectivity index (χ0) is 73.0. The number of hydroxylamine groups is 2. The van der Waals surface area contributed by atoms with Gasteiger partial charge in [0.15, 0.2) is 0 Å². The second kappa shape index (κ2) is 38.3. The van der Waals surface area contributed by atoms with Gasteiger partial charge < -0.3 is 61.2 Å². The summed E-state index contributed by atoms with van der Waals surface area (Å²) in [7, 11) is 0. The number of carboxylic acid groups (broad SMARTS) is 2. The van der Waals surface area contributed by atoms with Gasteiger partial charge in [0.05, 0.1) is 70.4 Å². The molecular formula is C59H69N13O27. The van der Waals surface area contributed by atoms with Crippen LogP contribution in [0.5, 0.6) is 0 Å². The number of nitrogens with one attached hydrogen (secondary N) is 2. The Labute approximate surface area is 560 Å². The van der Waals surface area contributed by atoms with Gasteiger partial charge in [-0.2, -0.15) is 0 Å². The van der Waals surface area contributed by atoms with Crippen LogP contribution >= 0.6 is 0 Å². The van der Waals surface area contributed by atoms with Crippen molar-refractivity contribution in [2.45, 2.75) is 56.8 Å². The van der Waals surface area contributed by atoms with Gasteiger partial charge in [0, 0.05) is 151 Å². The lowest BCUT2D eigenvalue weighted by atomic mass is 10.2. The minimum Gasteiger partial charge on any atom is -0.481 e. The molecule has 7 rings (SSSR count). The molecule has 0 spiro atoms. The Kier molecular flexibility index (Phi) is 30.3. The van der Waals surface area contributed by atoms with Gasteiger partial charge in [-0.05, 0) is 0 Å². The number of carbonyl (C=O) groups is 21. The number of nitrogens with zero attached hydrogens (tertiary/aromatic N) is 9. The van der Waals surface area contributed by atoms with E-state index in [1.165, 1.54) is 9.80 Å². The molecule has 18 amide bonds. The van der Waals surface area contributed by atoms with Crippen LogP contribution in [0.15, 0.2) is 72.9 Å². The van der Waals surface area contributed by atoms with Gasteiger partial charge in [-0.3, -0.25) is 125 Å². The van der Waals surface area contributed by atoms with Gasteiger partial charge in [-0.1, -0.05) is 0 Å². The van der Waals surface area contributed by atoms with Crippen LogP contribution in [0.4, 0.5) is 0 Å². The summed E-state index contributed by atoms with van der Waals surface area (Å²) in [5.41, 5.74) is 10.6. The zero-order valence-corrected chi connectivity index (χ0v) is 52.7. The molecular weight excluding hydrogens is 1320 g/mol. The molecule has 7 heterocycles. The van der Waals surface area contributed by atoms with Crippen LogP contribution in [0, 0.1) is 0 Å². The molecule has 0 aromatic carbocycles. The smallest absolute Gasteiger partial charge is 0.358 e. The van der Waals surface area contributed by atoms with Gasteiger partial charge in [-0.15, -0.1) is 5.06 Å². The predicted octanol–water partition coefficient (Wildman–Crippen LogP) is -8.19. The molecule has 7 aliphatic rings. The van der Waals surface area contributed by atoms with Gasteiger partial charge in [0.1, 0.15) is 19.8 Å². The van der Waals surface area contributed by atoms with E-state index in [-0.39, 0.29) is 97.0 Å². The topological polar surface area (TPSA) is 541 Å². The van der Waals surface area contributed by atoms with E-state index < -0.39 is 169 Å². The molecule has 8 N–H and O–H groups in total. The molecule has 40 nitrogen and oxygen atoms in total. The fraction of sp³-hybridized carbons (Fsp3) is 0.441. The van der Waals surface area contributed by atoms with E-state index in [2.05, 4.69) is 15.5 Å². The highest BCUT2D eigenvalue weighted by Gasteiger charge is 2.37.